The van der Waals surface area contributed by atoms with Gasteiger partial charge in [0.1, 0.15) is 18.5 Å². The fourth-order valence-electron chi connectivity index (χ4n) is 3.53. The van der Waals surface area contributed by atoms with Gasteiger partial charge in [0, 0.05) is 6.42 Å². The van der Waals surface area contributed by atoms with Crippen LogP contribution in [0.5, 0.6) is 0 Å². The number of carbonyl (C=O) groups is 2. The molecular weight excluding hydrogens is 383 g/mol. The van der Waals surface area contributed by atoms with E-state index in [1.165, 1.54) is 17.0 Å². The highest BCUT2D eigenvalue weighted by molar-refractivity contribution is 5.97. The highest BCUT2D eigenvalue weighted by atomic mass is 19.1. The molecule has 3 aromatic rings. The molecule has 5 nitrogen and oxygen atoms in total. The van der Waals surface area contributed by atoms with E-state index in [2.05, 4.69) is 5.32 Å². The van der Waals surface area contributed by atoms with Crippen LogP contribution in [0.2, 0.25) is 0 Å². The summed E-state index contributed by atoms with van der Waals surface area (Å²) in [5.74, 6) is -0.980. The zero-order valence-electron chi connectivity index (χ0n) is 16.3. The number of rotatable bonds is 4. The van der Waals surface area contributed by atoms with Gasteiger partial charge >= 0.3 is 6.09 Å². The highest BCUT2D eigenvalue weighted by Gasteiger charge is 2.35. The first-order chi connectivity index (χ1) is 14.6. The molecular formula is C24H21FN2O3. The number of hydrogen-bond donors (Lipinski definition) is 1. The smallest absolute Gasteiger partial charge is 0.411 e. The Bertz CT molecular complexity index is 1060. The number of amides is 2. The normalized spacial score (nSPS) is 15.2. The lowest BCUT2D eigenvalue weighted by molar-refractivity contribution is -0.121. The lowest BCUT2D eigenvalue weighted by atomic mass is 9.94. The molecule has 0 saturated carbocycles. The second-order valence-electron chi connectivity index (χ2n) is 7.13. The third-order valence-electron chi connectivity index (χ3n) is 5.12. The first-order valence-corrected chi connectivity index (χ1v) is 9.71. The molecule has 1 heterocycles. The number of fused-ring (bicyclic) bond motifs is 1. The van der Waals surface area contributed by atoms with E-state index in [9.17, 15) is 14.0 Å². The van der Waals surface area contributed by atoms with Crippen molar-refractivity contribution in [1.29, 1.82) is 0 Å². The first kappa shape index (κ1) is 19.6. The van der Waals surface area contributed by atoms with Gasteiger partial charge in [-0.3, -0.25) is 9.69 Å². The van der Waals surface area contributed by atoms with Gasteiger partial charge in [-0.25, -0.2) is 9.18 Å². The molecule has 3 aromatic carbocycles. The van der Waals surface area contributed by atoms with Crippen LogP contribution in [0.25, 0.3) is 0 Å². The van der Waals surface area contributed by atoms with Crippen LogP contribution in [0, 0.1) is 5.82 Å². The van der Waals surface area contributed by atoms with Crippen molar-refractivity contribution in [3.63, 3.8) is 0 Å². The summed E-state index contributed by atoms with van der Waals surface area (Å²) in [4.78, 5) is 27.3. The Labute approximate surface area is 174 Å². The Balaban J connectivity index is 1.54. The lowest BCUT2D eigenvalue weighted by Gasteiger charge is -2.35. The van der Waals surface area contributed by atoms with Crippen molar-refractivity contribution >= 4 is 17.7 Å². The number of halogens is 1. The molecule has 0 aliphatic carbocycles. The molecule has 1 aliphatic rings. The lowest BCUT2D eigenvalue weighted by Crippen LogP contribution is -2.50. The molecule has 0 unspecified atom stereocenters. The number of nitrogens with zero attached hydrogens (tertiary/aromatic N) is 1. The van der Waals surface area contributed by atoms with Crippen molar-refractivity contribution in [2.24, 2.45) is 0 Å². The molecule has 6 heteroatoms. The number of benzene rings is 3. The van der Waals surface area contributed by atoms with Crippen molar-refractivity contribution in [2.75, 3.05) is 5.32 Å². The maximum atomic E-state index is 14.0. The number of nitrogens with one attached hydrogen (secondary N) is 1. The van der Waals surface area contributed by atoms with E-state index in [0.717, 1.165) is 16.7 Å². The zero-order valence-corrected chi connectivity index (χ0v) is 16.3. The van der Waals surface area contributed by atoms with Gasteiger partial charge in [-0.05, 0) is 28.8 Å². The van der Waals surface area contributed by atoms with Crippen molar-refractivity contribution in [3.8, 4) is 0 Å². The molecule has 30 heavy (non-hydrogen) atoms. The van der Waals surface area contributed by atoms with Crippen LogP contribution in [0.3, 0.4) is 0 Å². The number of ether oxygens (including phenoxy) is 1. The summed E-state index contributed by atoms with van der Waals surface area (Å²) in [5.41, 5.74) is 2.89. The number of anilines is 1. The molecule has 1 N–H and O–H groups in total. The van der Waals surface area contributed by atoms with Gasteiger partial charge in [-0.1, -0.05) is 66.7 Å². The largest absolute Gasteiger partial charge is 0.445 e. The molecule has 0 saturated heterocycles. The van der Waals surface area contributed by atoms with E-state index < -0.39 is 23.9 Å². The van der Waals surface area contributed by atoms with Crippen LogP contribution in [0.15, 0.2) is 78.9 Å². The minimum atomic E-state index is -0.803. The Hall–Kier alpha value is -3.67. The van der Waals surface area contributed by atoms with Gasteiger partial charge in [0.15, 0.2) is 0 Å². The molecule has 0 spiro atoms. The van der Waals surface area contributed by atoms with Crippen LogP contribution >= 0.6 is 0 Å². The molecule has 0 fully saturated rings. The predicted molar refractivity (Wildman–Crippen MR) is 111 cm³/mol. The topological polar surface area (TPSA) is 58.6 Å². The van der Waals surface area contributed by atoms with E-state index >= 15 is 0 Å². The average Bonchev–Trinajstić information content (AvgIpc) is 2.78. The van der Waals surface area contributed by atoms with Crippen molar-refractivity contribution in [2.45, 2.75) is 25.6 Å². The summed E-state index contributed by atoms with van der Waals surface area (Å²) < 4.78 is 19.5. The minimum Gasteiger partial charge on any atom is -0.445 e. The van der Waals surface area contributed by atoms with E-state index in [-0.39, 0.29) is 18.8 Å². The van der Waals surface area contributed by atoms with E-state index in [1.807, 2.05) is 54.6 Å². The van der Waals surface area contributed by atoms with Gasteiger partial charge in [0.2, 0.25) is 5.91 Å². The number of carbonyl (C=O) groups excluding carboxylic acids is 2. The summed E-state index contributed by atoms with van der Waals surface area (Å²) >= 11 is 0. The summed E-state index contributed by atoms with van der Waals surface area (Å²) in [5, 5.41) is 2.61. The quantitative estimate of drug-likeness (QED) is 0.695. The summed E-state index contributed by atoms with van der Waals surface area (Å²) in [6.45, 7) is 0.360. The molecule has 1 aliphatic heterocycles. The third-order valence-corrected chi connectivity index (χ3v) is 5.12. The summed E-state index contributed by atoms with van der Waals surface area (Å²) in [7, 11) is 0. The fraction of sp³-hybridized carbons (Fsp3) is 0.167. The monoisotopic (exact) mass is 404 g/mol. The second kappa shape index (κ2) is 8.78. The van der Waals surface area contributed by atoms with E-state index in [1.54, 1.807) is 12.1 Å². The van der Waals surface area contributed by atoms with Gasteiger partial charge in [0.25, 0.3) is 0 Å². The van der Waals surface area contributed by atoms with Gasteiger partial charge < -0.3 is 10.1 Å². The van der Waals surface area contributed by atoms with Crippen molar-refractivity contribution < 1.29 is 18.7 Å². The van der Waals surface area contributed by atoms with Crippen LogP contribution < -0.4 is 5.32 Å². The Morgan fingerprint density at radius 3 is 2.37 bits per heavy atom. The van der Waals surface area contributed by atoms with Gasteiger partial charge in [-0.15, -0.1) is 0 Å². The van der Waals surface area contributed by atoms with E-state index in [0.29, 0.717) is 6.42 Å². The summed E-state index contributed by atoms with van der Waals surface area (Å²) in [6.07, 6.45) is -0.251. The third kappa shape index (κ3) is 4.33. The molecule has 4 rings (SSSR count). The molecule has 0 radical (unpaired) electrons. The maximum Gasteiger partial charge on any atom is 0.411 e. The Morgan fingerprint density at radius 2 is 1.60 bits per heavy atom. The van der Waals surface area contributed by atoms with Gasteiger partial charge in [0.05, 0.1) is 12.2 Å². The Kier molecular flexibility index (Phi) is 5.75. The molecule has 0 bridgehead atoms. The van der Waals surface area contributed by atoms with E-state index in [4.69, 9.17) is 4.74 Å². The second-order valence-corrected chi connectivity index (χ2v) is 7.13. The van der Waals surface area contributed by atoms with Gasteiger partial charge in [-0.2, -0.15) is 0 Å². The predicted octanol–water partition coefficient (Wildman–Crippen LogP) is 4.53. The standard InChI is InChI=1S/C24H21FN2O3/c25-20-12-6-7-13-21(20)26-23(28)22-14-18-10-4-5-11-19(18)15-27(22)24(29)30-16-17-8-2-1-3-9-17/h1-13,22H,14-16H2,(H,26,28)/t22-/m1/s1. The number of hydrogen-bond acceptors (Lipinski definition) is 3. The SMILES string of the molecule is O=C(Nc1ccccc1F)[C@H]1Cc2ccccc2CN1C(=O)OCc1ccccc1. The Morgan fingerprint density at radius 1 is 0.933 bits per heavy atom. The maximum absolute atomic E-state index is 14.0. The molecule has 2 amide bonds. The fourth-order valence-corrected chi connectivity index (χ4v) is 3.53. The van der Waals surface area contributed by atoms with Crippen molar-refractivity contribution in [3.05, 3.63) is 101 Å². The molecule has 1 atom stereocenters. The molecule has 0 aromatic heterocycles. The van der Waals surface area contributed by atoms with Crippen LogP contribution in [-0.2, 0) is 29.1 Å². The minimum absolute atomic E-state index is 0.0824. The van der Waals surface area contributed by atoms with Crippen molar-refractivity contribution in [1.82, 2.24) is 4.90 Å². The van der Waals surface area contributed by atoms with Crippen LogP contribution in [0.1, 0.15) is 16.7 Å². The van der Waals surface area contributed by atoms with Crippen LogP contribution in [0.4, 0.5) is 14.9 Å². The summed E-state index contributed by atoms with van der Waals surface area (Å²) in [6, 6.07) is 22.1. The average molecular weight is 404 g/mol. The highest BCUT2D eigenvalue weighted by Crippen LogP contribution is 2.25. The molecule has 152 valence electrons. The first-order valence-electron chi connectivity index (χ1n) is 9.71. The number of para-hydroxylation sites is 1. The van der Waals surface area contributed by atoms with Crippen LogP contribution in [-0.4, -0.2) is 22.9 Å². The zero-order chi connectivity index (χ0) is 20.9.